The summed E-state index contributed by atoms with van der Waals surface area (Å²) in [6.45, 7) is 2.83. The molecule has 0 spiro atoms. The van der Waals surface area contributed by atoms with E-state index in [0.29, 0.717) is 57.8 Å². The number of carbonyl (C=O) groups excluding carboxylic acids is 1. The van der Waals surface area contributed by atoms with E-state index in [1.807, 2.05) is 55.5 Å². The predicted molar refractivity (Wildman–Crippen MR) is 144 cm³/mol. The van der Waals surface area contributed by atoms with Gasteiger partial charge >= 0.3 is 0 Å². The van der Waals surface area contributed by atoms with Crippen molar-refractivity contribution in [3.05, 3.63) is 99.0 Å². The van der Waals surface area contributed by atoms with Crippen LogP contribution in [0.5, 0.6) is 5.75 Å². The number of hydrogen-bond donors (Lipinski definition) is 0. The first-order valence-electron chi connectivity index (χ1n) is 11.7. The lowest BCUT2D eigenvalue weighted by molar-refractivity contribution is 0.0656. The molecular formula is C28H28BrN3O4. The second kappa shape index (κ2) is 11.5. The van der Waals surface area contributed by atoms with Crippen LogP contribution in [0.4, 0.5) is 0 Å². The molecule has 36 heavy (non-hydrogen) atoms. The summed E-state index contributed by atoms with van der Waals surface area (Å²) in [7, 11) is 3.23. The summed E-state index contributed by atoms with van der Waals surface area (Å²) in [5.41, 5.74) is 1.57. The fraction of sp³-hybridized carbons (Fsp3) is 0.250. The molecule has 1 aromatic heterocycles. The molecule has 1 atom stereocenters. The summed E-state index contributed by atoms with van der Waals surface area (Å²) in [5, 5.41) is 0.507. The van der Waals surface area contributed by atoms with Gasteiger partial charge in [-0.25, -0.2) is 4.98 Å². The normalized spacial score (nSPS) is 11.9. The van der Waals surface area contributed by atoms with Crippen LogP contribution in [0, 0.1) is 0 Å². The highest BCUT2D eigenvalue weighted by Gasteiger charge is 2.28. The van der Waals surface area contributed by atoms with Crippen molar-refractivity contribution in [1.29, 1.82) is 0 Å². The second-order valence-electron chi connectivity index (χ2n) is 8.33. The van der Waals surface area contributed by atoms with Gasteiger partial charge in [0.05, 0.1) is 35.3 Å². The van der Waals surface area contributed by atoms with Crippen LogP contribution in [0.15, 0.2) is 82.1 Å². The number of amides is 1. The second-order valence-corrected chi connectivity index (χ2v) is 9.18. The minimum atomic E-state index is -0.513. The van der Waals surface area contributed by atoms with Crippen molar-refractivity contribution >= 4 is 32.7 Å². The van der Waals surface area contributed by atoms with Gasteiger partial charge in [-0.2, -0.15) is 0 Å². The largest absolute Gasteiger partial charge is 0.497 e. The molecule has 0 bridgehead atoms. The molecule has 0 aliphatic heterocycles. The van der Waals surface area contributed by atoms with Crippen LogP contribution in [-0.4, -0.2) is 47.7 Å². The number of para-hydroxylation sites is 1. The van der Waals surface area contributed by atoms with E-state index in [9.17, 15) is 9.59 Å². The Bertz CT molecular complexity index is 1420. The third-order valence-corrected chi connectivity index (χ3v) is 6.78. The number of aromatic nitrogens is 2. The number of halogens is 1. The highest BCUT2D eigenvalue weighted by atomic mass is 79.9. The van der Waals surface area contributed by atoms with Gasteiger partial charge in [-0.3, -0.25) is 14.2 Å². The van der Waals surface area contributed by atoms with Crippen LogP contribution in [0.1, 0.15) is 35.6 Å². The quantitative estimate of drug-likeness (QED) is 0.261. The maximum absolute atomic E-state index is 13.8. The molecule has 0 saturated carbocycles. The highest BCUT2D eigenvalue weighted by Crippen LogP contribution is 2.27. The molecule has 0 aliphatic carbocycles. The van der Waals surface area contributed by atoms with E-state index in [-0.39, 0.29) is 11.5 Å². The topological polar surface area (TPSA) is 73.7 Å². The van der Waals surface area contributed by atoms with Gasteiger partial charge in [-0.1, -0.05) is 24.3 Å². The van der Waals surface area contributed by atoms with Crippen molar-refractivity contribution in [3.8, 4) is 11.4 Å². The van der Waals surface area contributed by atoms with E-state index in [4.69, 9.17) is 14.5 Å². The summed E-state index contributed by atoms with van der Waals surface area (Å²) >= 11 is 3.51. The minimum Gasteiger partial charge on any atom is -0.497 e. The molecule has 1 amide bonds. The minimum absolute atomic E-state index is 0.158. The zero-order valence-electron chi connectivity index (χ0n) is 20.5. The molecule has 0 radical (unpaired) electrons. The molecule has 4 rings (SSSR count). The summed E-state index contributed by atoms with van der Waals surface area (Å²) in [6.07, 6.45) is 0.636. The Hall–Kier alpha value is -3.49. The van der Waals surface area contributed by atoms with Crippen molar-refractivity contribution in [1.82, 2.24) is 14.5 Å². The van der Waals surface area contributed by atoms with Crippen molar-refractivity contribution in [2.45, 2.75) is 19.4 Å². The van der Waals surface area contributed by atoms with Gasteiger partial charge in [0.2, 0.25) is 0 Å². The predicted octanol–water partition coefficient (Wildman–Crippen LogP) is 5.40. The van der Waals surface area contributed by atoms with Gasteiger partial charge in [0, 0.05) is 24.7 Å². The average molecular weight is 550 g/mol. The third-order valence-electron chi connectivity index (χ3n) is 6.09. The van der Waals surface area contributed by atoms with E-state index in [0.717, 1.165) is 0 Å². The lowest BCUT2D eigenvalue weighted by atomic mass is 10.1. The Morgan fingerprint density at radius 2 is 1.72 bits per heavy atom. The molecule has 1 unspecified atom stereocenters. The van der Waals surface area contributed by atoms with E-state index >= 15 is 0 Å². The van der Waals surface area contributed by atoms with Crippen LogP contribution >= 0.6 is 15.9 Å². The molecule has 1 heterocycles. The molecule has 0 saturated heterocycles. The Morgan fingerprint density at radius 1 is 1.03 bits per heavy atom. The number of carbonyl (C=O) groups is 1. The number of nitrogens with zero attached hydrogens (tertiary/aromatic N) is 3. The van der Waals surface area contributed by atoms with E-state index in [1.54, 1.807) is 48.0 Å². The van der Waals surface area contributed by atoms with Crippen LogP contribution in [0.2, 0.25) is 0 Å². The fourth-order valence-corrected chi connectivity index (χ4v) is 4.64. The zero-order valence-corrected chi connectivity index (χ0v) is 22.1. The van der Waals surface area contributed by atoms with Crippen LogP contribution in [0.3, 0.4) is 0 Å². The number of rotatable bonds is 9. The molecule has 0 aliphatic rings. The molecule has 3 aromatic carbocycles. The Kier molecular flexibility index (Phi) is 8.18. The summed E-state index contributed by atoms with van der Waals surface area (Å²) in [6, 6.07) is 21.3. The van der Waals surface area contributed by atoms with Crippen LogP contribution < -0.4 is 10.3 Å². The number of hydrogen-bond acceptors (Lipinski definition) is 5. The Labute approximate surface area is 218 Å². The van der Waals surface area contributed by atoms with Crippen molar-refractivity contribution in [2.75, 3.05) is 27.4 Å². The molecule has 0 N–H and O–H groups in total. The summed E-state index contributed by atoms with van der Waals surface area (Å²) in [5.74, 6) is 0.997. The van der Waals surface area contributed by atoms with Crippen molar-refractivity contribution in [3.63, 3.8) is 0 Å². The van der Waals surface area contributed by atoms with Gasteiger partial charge in [0.25, 0.3) is 11.5 Å². The number of ether oxygens (including phenoxy) is 2. The maximum Gasteiger partial charge on any atom is 0.266 e. The Morgan fingerprint density at radius 3 is 2.42 bits per heavy atom. The molecule has 186 valence electrons. The highest BCUT2D eigenvalue weighted by molar-refractivity contribution is 9.10. The van der Waals surface area contributed by atoms with Gasteiger partial charge in [0.1, 0.15) is 11.6 Å². The van der Waals surface area contributed by atoms with Crippen LogP contribution in [-0.2, 0) is 4.74 Å². The lowest BCUT2D eigenvalue weighted by Gasteiger charge is -2.31. The van der Waals surface area contributed by atoms with Crippen molar-refractivity contribution < 1.29 is 14.3 Å². The fourth-order valence-electron chi connectivity index (χ4n) is 4.19. The summed E-state index contributed by atoms with van der Waals surface area (Å²) < 4.78 is 12.8. The average Bonchev–Trinajstić information content (AvgIpc) is 2.91. The SMILES string of the molecule is COCCCN(C(=O)c1ccccc1Br)C(C)c1nc2ccccc2c(=O)n1-c1ccc(OC)cc1. The molecule has 7 nitrogen and oxygen atoms in total. The van der Waals surface area contributed by atoms with Gasteiger partial charge < -0.3 is 14.4 Å². The Balaban J connectivity index is 1.88. The number of methoxy groups -OCH3 is 2. The standard InChI is InChI=1S/C28H28BrN3O4/c1-19(31(17-8-18-35-2)27(33)22-9-4-6-11-24(22)29)26-30-25-12-7-5-10-23(25)28(34)32(26)20-13-15-21(36-3)16-14-20/h4-7,9-16,19H,8,17-18H2,1-3H3. The molecule has 8 heteroatoms. The number of benzene rings is 3. The first kappa shape index (κ1) is 25.6. The first-order chi connectivity index (χ1) is 17.5. The van der Waals surface area contributed by atoms with Gasteiger partial charge in [-0.05, 0) is 77.8 Å². The van der Waals surface area contributed by atoms with Crippen molar-refractivity contribution in [2.24, 2.45) is 0 Å². The van der Waals surface area contributed by atoms with Gasteiger partial charge in [0.15, 0.2) is 0 Å². The zero-order chi connectivity index (χ0) is 25.7. The van der Waals surface area contributed by atoms with E-state index < -0.39 is 6.04 Å². The summed E-state index contributed by atoms with van der Waals surface area (Å²) in [4.78, 5) is 34.2. The number of fused-ring (bicyclic) bond motifs is 1. The first-order valence-corrected chi connectivity index (χ1v) is 12.5. The molecule has 4 aromatic rings. The lowest BCUT2D eigenvalue weighted by Crippen LogP contribution is -2.38. The molecule has 0 fully saturated rings. The third kappa shape index (κ3) is 5.20. The van der Waals surface area contributed by atoms with Crippen LogP contribution in [0.25, 0.3) is 16.6 Å². The smallest absolute Gasteiger partial charge is 0.266 e. The maximum atomic E-state index is 13.8. The molecular weight excluding hydrogens is 522 g/mol. The van der Waals surface area contributed by atoms with E-state index in [2.05, 4.69) is 15.9 Å². The monoisotopic (exact) mass is 549 g/mol. The van der Waals surface area contributed by atoms with Gasteiger partial charge in [-0.15, -0.1) is 0 Å². The van der Waals surface area contributed by atoms with E-state index in [1.165, 1.54) is 0 Å².